The highest BCUT2D eigenvalue weighted by molar-refractivity contribution is 6.54. The Balaban J connectivity index is 0.000000557. The average molecular weight is 245 g/mol. The molecule has 1 rings (SSSR count). The number of benzene rings is 1. The molecule has 0 saturated carbocycles. The van der Waals surface area contributed by atoms with Crippen LogP contribution in [0.15, 0.2) is 35.9 Å². The first kappa shape index (κ1) is 15.7. The van der Waals surface area contributed by atoms with E-state index < -0.39 is 6.10 Å². The van der Waals surface area contributed by atoms with Gasteiger partial charge in [-0.15, -0.1) is 6.42 Å². The fourth-order valence-electron chi connectivity index (χ4n) is 1.02. The largest absolute Gasteiger partial charge is 0.376 e. The Morgan fingerprint density at radius 3 is 2.18 bits per heavy atom. The first-order valence-corrected chi connectivity index (χ1v) is 8.61. The standard InChI is InChI=1S/C12H12O.C3H9Si/c1-3-12(13)10(2)9-11-7-5-4-6-8-11;1-4(2)3/h1,4-9,12-13H,2H3;1-3H3/b10-9+;. The minimum atomic E-state index is -0.778. The second-order valence-corrected chi connectivity index (χ2v) is 7.37. The molecule has 1 nitrogen and oxygen atoms in total. The van der Waals surface area contributed by atoms with Gasteiger partial charge in [0.05, 0.1) is 0 Å². The molecule has 0 aliphatic carbocycles. The lowest BCUT2D eigenvalue weighted by molar-refractivity contribution is 0.269. The molecule has 0 saturated heterocycles. The number of aliphatic hydroxyl groups excluding tert-OH is 1. The van der Waals surface area contributed by atoms with Crippen LogP contribution in [0.2, 0.25) is 19.6 Å². The Labute approximate surface area is 107 Å². The molecule has 1 N–H and O–H groups in total. The van der Waals surface area contributed by atoms with Gasteiger partial charge in [-0.1, -0.05) is 62.0 Å². The van der Waals surface area contributed by atoms with Crippen LogP contribution in [-0.2, 0) is 0 Å². The molecule has 0 spiro atoms. The summed E-state index contributed by atoms with van der Waals surface area (Å²) in [5.41, 5.74) is 1.84. The van der Waals surface area contributed by atoms with Crippen molar-refractivity contribution in [2.24, 2.45) is 0 Å². The van der Waals surface area contributed by atoms with Crippen LogP contribution in [0.5, 0.6) is 0 Å². The molecular formula is C15H21OSi. The second-order valence-electron chi connectivity index (χ2n) is 4.37. The molecule has 0 heterocycles. The first-order chi connectivity index (χ1) is 7.97. The molecule has 0 bridgehead atoms. The number of aliphatic hydroxyl groups is 1. The van der Waals surface area contributed by atoms with Gasteiger partial charge in [0.25, 0.3) is 0 Å². The summed E-state index contributed by atoms with van der Waals surface area (Å²) < 4.78 is 0. The zero-order valence-corrected chi connectivity index (χ0v) is 12.1. The van der Waals surface area contributed by atoms with E-state index in [1.165, 1.54) is 0 Å². The van der Waals surface area contributed by atoms with Crippen LogP contribution in [0.4, 0.5) is 0 Å². The van der Waals surface area contributed by atoms with E-state index in [4.69, 9.17) is 6.42 Å². The molecule has 0 amide bonds. The molecule has 0 aliphatic rings. The first-order valence-electron chi connectivity index (χ1n) is 5.61. The maximum atomic E-state index is 9.28. The van der Waals surface area contributed by atoms with Gasteiger partial charge in [-0.25, -0.2) is 0 Å². The quantitative estimate of drug-likeness (QED) is 0.625. The fourth-order valence-corrected chi connectivity index (χ4v) is 1.02. The highest BCUT2D eigenvalue weighted by Gasteiger charge is 1.99. The molecule has 1 radical (unpaired) electrons. The Morgan fingerprint density at radius 1 is 1.29 bits per heavy atom. The summed E-state index contributed by atoms with van der Waals surface area (Å²) in [7, 11) is 0.120. The number of terminal acetylenes is 1. The minimum absolute atomic E-state index is 0.120. The summed E-state index contributed by atoms with van der Waals surface area (Å²) in [6.07, 6.45) is 6.19. The lowest BCUT2D eigenvalue weighted by Crippen LogP contribution is -2.03. The SMILES string of the molecule is C#CC(O)/C(C)=C/c1ccccc1.C[Si](C)C. The molecule has 91 valence electrons. The zero-order chi connectivity index (χ0) is 13.3. The summed E-state index contributed by atoms with van der Waals surface area (Å²) in [4.78, 5) is 0. The fraction of sp³-hybridized carbons (Fsp3) is 0.333. The van der Waals surface area contributed by atoms with Gasteiger partial charge in [0.2, 0.25) is 0 Å². The van der Waals surface area contributed by atoms with E-state index in [1.807, 2.05) is 43.3 Å². The maximum Gasteiger partial charge on any atom is 0.136 e. The van der Waals surface area contributed by atoms with E-state index in [9.17, 15) is 5.11 Å². The predicted molar refractivity (Wildman–Crippen MR) is 78.3 cm³/mol. The van der Waals surface area contributed by atoms with E-state index in [1.54, 1.807) is 0 Å². The Kier molecular flexibility index (Phi) is 8.13. The summed E-state index contributed by atoms with van der Waals surface area (Å²) >= 11 is 0. The molecule has 2 heteroatoms. The molecule has 0 aliphatic heterocycles. The van der Waals surface area contributed by atoms with Crippen molar-refractivity contribution in [3.63, 3.8) is 0 Å². The van der Waals surface area contributed by atoms with E-state index >= 15 is 0 Å². The Bertz CT molecular complexity index is 371. The van der Waals surface area contributed by atoms with Gasteiger partial charge in [0, 0.05) is 8.80 Å². The van der Waals surface area contributed by atoms with Crippen molar-refractivity contribution >= 4 is 14.9 Å². The van der Waals surface area contributed by atoms with E-state index in [0.29, 0.717) is 0 Å². The maximum absolute atomic E-state index is 9.28. The van der Waals surface area contributed by atoms with Crippen LogP contribution in [0.1, 0.15) is 12.5 Å². The minimum Gasteiger partial charge on any atom is -0.376 e. The highest BCUT2D eigenvalue weighted by atomic mass is 28.3. The van der Waals surface area contributed by atoms with Crippen molar-refractivity contribution in [3.05, 3.63) is 41.5 Å². The van der Waals surface area contributed by atoms with Gasteiger partial charge in [-0.2, -0.15) is 0 Å². The monoisotopic (exact) mass is 245 g/mol. The van der Waals surface area contributed by atoms with Crippen molar-refractivity contribution in [1.29, 1.82) is 0 Å². The van der Waals surface area contributed by atoms with Gasteiger partial charge in [0.1, 0.15) is 6.10 Å². The number of rotatable bonds is 2. The summed E-state index contributed by atoms with van der Waals surface area (Å²) in [5, 5.41) is 9.28. The zero-order valence-electron chi connectivity index (χ0n) is 11.1. The topological polar surface area (TPSA) is 20.2 Å². The lowest BCUT2D eigenvalue weighted by Gasteiger charge is -2.02. The molecule has 17 heavy (non-hydrogen) atoms. The molecule has 1 aromatic rings. The summed E-state index contributed by atoms with van der Waals surface area (Å²) in [6, 6.07) is 9.77. The van der Waals surface area contributed by atoms with Crippen LogP contribution in [0.3, 0.4) is 0 Å². The van der Waals surface area contributed by atoms with Crippen molar-refractivity contribution in [3.8, 4) is 12.3 Å². The number of hydrogen-bond acceptors (Lipinski definition) is 1. The Hall–Kier alpha value is -1.30. The van der Waals surface area contributed by atoms with Crippen molar-refractivity contribution in [1.82, 2.24) is 0 Å². The van der Waals surface area contributed by atoms with Crippen LogP contribution in [0, 0.1) is 12.3 Å². The van der Waals surface area contributed by atoms with E-state index in [-0.39, 0.29) is 8.80 Å². The third-order valence-electron chi connectivity index (χ3n) is 1.78. The molecule has 1 unspecified atom stereocenters. The third-order valence-corrected chi connectivity index (χ3v) is 1.78. The summed E-state index contributed by atoms with van der Waals surface area (Å²) in [6.45, 7) is 8.62. The van der Waals surface area contributed by atoms with Gasteiger partial charge in [0.15, 0.2) is 0 Å². The Morgan fingerprint density at radius 2 is 1.76 bits per heavy atom. The smallest absolute Gasteiger partial charge is 0.136 e. The molecule has 0 fully saturated rings. The normalized spacial score (nSPS) is 12.4. The van der Waals surface area contributed by atoms with Crippen molar-refractivity contribution < 1.29 is 5.11 Å². The van der Waals surface area contributed by atoms with Crippen molar-refractivity contribution in [2.75, 3.05) is 0 Å². The highest BCUT2D eigenvalue weighted by Crippen LogP contribution is 2.08. The third kappa shape index (κ3) is 8.50. The van der Waals surface area contributed by atoms with Crippen molar-refractivity contribution in [2.45, 2.75) is 32.7 Å². The van der Waals surface area contributed by atoms with Gasteiger partial charge >= 0.3 is 0 Å². The molecule has 1 aromatic carbocycles. The second kappa shape index (κ2) is 8.80. The van der Waals surface area contributed by atoms with E-state index in [0.717, 1.165) is 11.1 Å². The molecule has 0 aromatic heterocycles. The van der Waals surface area contributed by atoms with E-state index in [2.05, 4.69) is 25.6 Å². The molecular weight excluding hydrogens is 224 g/mol. The van der Waals surface area contributed by atoms with Crippen LogP contribution >= 0.6 is 0 Å². The van der Waals surface area contributed by atoms with Gasteiger partial charge < -0.3 is 5.11 Å². The van der Waals surface area contributed by atoms with Crippen LogP contribution < -0.4 is 0 Å². The molecule has 1 atom stereocenters. The lowest BCUT2D eigenvalue weighted by atomic mass is 10.1. The van der Waals surface area contributed by atoms with Gasteiger partial charge in [-0.3, -0.25) is 0 Å². The summed E-state index contributed by atoms with van der Waals surface area (Å²) in [5.74, 6) is 2.27. The van der Waals surface area contributed by atoms with Crippen LogP contribution in [-0.4, -0.2) is 20.0 Å². The van der Waals surface area contributed by atoms with Gasteiger partial charge in [-0.05, 0) is 18.1 Å². The number of hydrogen-bond donors (Lipinski definition) is 1. The predicted octanol–water partition coefficient (Wildman–Crippen LogP) is 3.45. The average Bonchev–Trinajstić information content (AvgIpc) is 2.28. The van der Waals surface area contributed by atoms with Crippen LogP contribution in [0.25, 0.3) is 6.08 Å².